The molecule has 692 valence electrons. The van der Waals surface area contributed by atoms with E-state index in [4.69, 9.17) is 99.5 Å². The summed E-state index contributed by atoms with van der Waals surface area (Å²) in [5, 5.41) is 223. The van der Waals surface area contributed by atoms with Crippen molar-refractivity contribution in [2.24, 2.45) is 11.8 Å². The van der Waals surface area contributed by atoms with Gasteiger partial charge in [-0.1, -0.05) is 39.8 Å². The minimum absolute atomic E-state index is 0.00385. The maximum absolute atomic E-state index is 12.4. The molecule has 21 saturated heterocycles. The van der Waals surface area contributed by atoms with Crippen molar-refractivity contribution in [3.05, 3.63) is 25.3 Å². The highest BCUT2D eigenvalue weighted by Gasteiger charge is 2.60. The number of aliphatic hydroxyl groups is 19. The summed E-state index contributed by atoms with van der Waals surface area (Å²) >= 11 is 0. The van der Waals surface area contributed by atoms with Gasteiger partial charge in [-0.3, -0.25) is 9.59 Å². The molecule has 0 spiro atoms. The van der Waals surface area contributed by atoms with E-state index >= 15 is 0 Å². The molecule has 14 bridgehead atoms. The van der Waals surface area contributed by atoms with Gasteiger partial charge in [0, 0.05) is 26.1 Å². The van der Waals surface area contributed by atoms with E-state index in [1.54, 1.807) is 0 Å². The number of ketones is 2. The highest BCUT2D eigenvalue weighted by atomic mass is 16.8. The zero-order chi connectivity index (χ0) is 87.2. The van der Waals surface area contributed by atoms with E-state index in [0.29, 0.717) is 38.5 Å². The molecule has 119 heavy (non-hydrogen) atoms. The molecule has 21 aliphatic rings. The Bertz CT molecular complexity index is 2810. The lowest BCUT2D eigenvalue weighted by Gasteiger charge is -2.50. The lowest BCUT2D eigenvalue weighted by molar-refractivity contribution is -0.398. The van der Waals surface area contributed by atoms with E-state index in [2.05, 4.69) is 13.2 Å². The minimum atomic E-state index is -2.25. The summed E-state index contributed by atoms with van der Waals surface area (Å²) in [5.41, 5.74) is 0. The van der Waals surface area contributed by atoms with E-state index in [1.807, 2.05) is 13.8 Å². The average molecular weight is 1730 g/mol. The van der Waals surface area contributed by atoms with Crippen LogP contribution >= 0.6 is 0 Å². The van der Waals surface area contributed by atoms with Gasteiger partial charge in [0.2, 0.25) is 0 Å². The second kappa shape index (κ2) is 49.5. The van der Waals surface area contributed by atoms with Crippen molar-refractivity contribution >= 4 is 11.6 Å². The number of allylic oxidation sites excluding steroid dienone is 2. The van der Waals surface area contributed by atoms with Gasteiger partial charge < -0.3 is 196 Å². The van der Waals surface area contributed by atoms with Crippen LogP contribution < -0.4 is 0 Å². The Morgan fingerprint density at radius 2 is 0.420 bits per heavy atom. The molecule has 42 nitrogen and oxygen atoms in total. The quantitative estimate of drug-likeness (QED) is 0.0200. The first-order valence-electron chi connectivity index (χ1n) is 41.0. The van der Waals surface area contributed by atoms with Crippen LogP contribution in [0.3, 0.4) is 0 Å². The maximum atomic E-state index is 12.4. The molecule has 0 aromatic rings. The van der Waals surface area contributed by atoms with Gasteiger partial charge in [-0.05, 0) is 84.3 Å². The van der Waals surface area contributed by atoms with E-state index in [-0.39, 0.29) is 82.5 Å². The SMILES string of the molecule is C=CC(=O)CCCCC(C)COCC1OC2OC3C(COCC(C)O)OC(OC4C(COCC(C)O)OC(OC5C(COC[C@@H](C)CCCCC(=O)C=C)OC(OC6C(COCC(C)O)OC(OC7C(COCC(C)O)OC(OC8C(COCC(C)O)OC(OC1C(O)C2O)C(O)C8O)C(O)C7O)C(O)C6O)C(O)C5O)C(O)C4O)C(O)C3O. The fourth-order valence-electron chi connectivity index (χ4n) is 14.8. The summed E-state index contributed by atoms with van der Waals surface area (Å²) in [6.45, 7) is 11.6. The molecule has 0 aliphatic carbocycles. The van der Waals surface area contributed by atoms with Crippen LogP contribution in [-0.4, -0.2) is 447 Å². The molecule has 42 atom stereocenters. The van der Waals surface area contributed by atoms with Gasteiger partial charge >= 0.3 is 0 Å². The molecule has 19 N–H and O–H groups in total. The number of unbranched alkanes of at least 4 members (excludes halogenated alkanes) is 2. The number of aliphatic hydroxyl groups excluding tert-OH is 19. The number of rotatable bonds is 40. The minimum Gasteiger partial charge on any atom is -0.391 e. The van der Waals surface area contributed by atoms with Gasteiger partial charge in [-0.25, -0.2) is 0 Å². The lowest BCUT2D eigenvalue weighted by Crippen LogP contribution is -2.68. The number of hydrogen-bond acceptors (Lipinski definition) is 42. The van der Waals surface area contributed by atoms with Crippen LogP contribution in [0.5, 0.6) is 0 Å². The number of hydrogen-bond donors (Lipinski definition) is 19. The summed E-state index contributed by atoms with van der Waals surface area (Å²) < 4.78 is 129. The van der Waals surface area contributed by atoms with Crippen molar-refractivity contribution in [3.8, 4) is 0 Å². The predicted octanol–water partition coefficient (Wildman–Crippen LogP) is -7.25. The molecule has 0 radical (unpaired) electrons. The van der Waals surface area contributed by atoms with Crippen molar-refractivity contribution in [2.45, 2.75) is 345 Å². The number of carbonyl (C=O) groups is 2. The molecule has 21 rings (SSSR count). The van der Waals surface area contributed by atoms with E-state index in [1.165, 1.54) is 46.8 Å². The molecule has 42 heteroatoms. The number of carbonyl (C=O) groups excluding carboxylic acids is 2. The summed E-state index contributed by atoms with van der Waals surface area (Å²) in [6, 6.07) is 0. The van der Waals surface area contributed by atoms with Crippen molar-refractivity contribution in [2.75, 3.05) is 92.5 Å². The Hall–Kier alpha value is -2.78. The van der Waals surface area contributed by atoms with Crippen LogP contribution in [0.25, 0.3) is 0 Å². The van der Waals surface area contributed by atoms with Crippen LogP contribution in [0.1, 0.15) is 99.8 Å². The van der Waals surface area contributed by atoms with Crippen molar-refractivity contribution in [1.82, 2.24) is 0 Å². The summed E-state index contributed by atoms with van der Waals surface area (Å²) in [6.07, 6.45) is -69.2. The predicted molar refractivity (Wildman–Crippen MR) is 399 cm³/mol. The summed E-state index contributed by atoms with van der Waals surface area (Å²) in [7, 11) is 0. The third-order valence-electron chi connectivity index (χ3n) is 21.3. The Labute approximate surface area is 690 Å². The Morgan fingerprint density at radius 1 is 0.261 bits per heavy atom. The second-order valence-electron chi connectivity index (χ2n) is 32.4. The fraction of sp³-hybridized carbons (Fsp3) is 0.922. The van der Waals surface area contributed by atoms with Crippen LogP contribution in [0.4, 0.5) is 0 Å². The highest BCUT2D eigenvalue weighted by molar-refractivity contribution is 5.89. The van der Waals surface area contributed by atoms with Gasteiger partial charge in [0.25, 0.3) is 0 Å². The van der Waals surface area contributed by atoms with E-state index in [9.17, 15) is 107 Å². The zero-order valence-electron chi connectivity index (χ0n) is 68.3. The first-order chi connectivity index (χ1) is 56.5. The van der Waals surface area contributed by atoms with Gasteiger partial charge in [0.15, 0.2) is 55.6 Å². The average Bonchev–Trinajstić information content (AvgIpc) is 0.811. The Kier molecular flexibility index (Phi) is 42.3. The van der Waals surface area contributed by atoms with Gasteiger partial charge in [-0.2, -0.15) is 0 Å². The molecule has 0 aromatic heterocycles. The molecule has 21 heterocycles. The van der Waals surface area contributed by atoms with Gasteiger partial charge in [-0.15, -0.1) is 0 Å². The molecule has 0 aromatic carbocycles. The topological polar surface area (TPSA) is 612 Å². The lowest BCUT2D eigenvalue weighted by atomic mass is 9.95. The first kappa shape index (κ1) is 102. The normalized spacial score (nSPS) is 41.8. The van der Waals surface area contributed by atoms with Crippen LogP contribution in [0, 0.1) is 11.8 Å². The largest absolute Gasteiger partial charge is 0.391 e. The smallest absolute Gasteiger partial charge is 0.187 e. The first-order valence-corrected chi connectivity index (χ1v) is 41.0. The summed E-state index contributed by atoms with van der Waals surface area (Å²) in [5.74, 6) is -0.651. The fourth-order valence-corrected chi connectivity index (χ4v) is 14.8. The number of ether oxygens (including phenoxy) is 21. The molecular formula is C77H132O42. The molecule has 41 unspecified atom stereocenters. The molecule has 0 amide bonds. The van der Waals surface area contributed by atoms with Crippen LogP contribution in [0.2, 0.25) is 0 Å². The van der Waals surface area contributed by atoms with Gasteiger partial charge in [0.1, 0.15) is 171 Å². The standard InChI is InChI=1S/C77H132O42/c1-10-41(83)18-14-12-16-34(3)20-99-27-43-64-51(86)58(93)72(107-43)116-67-46(30-102-23-37(6)79)111-76(62(97)55(67)90)119-70-49(33-105-26-40(9)82)112-77(63(98)56(70)91)118-69-48(32-104-25-39(8)81)109-74(60(95)53(69)88)114-65-44(28-100-21-35(4)17-13-15-19-42(84)11-2)106-71(57(92)50(65)85)115-66-45(29-101-22-36(5)78)110-75(61(96)54(66)89)117-68-47(31-103-24-38(7)80)108-73(113-64)59(94)52(68)87/h10-11,34-40,43-82,85-98H,1-2,12-33H2,3-9H3/t34-,35?,36?,37?,38?,39?,40?,43?,44?,45?,46?,47?,48?,49?,50?,51?,52?,53?,54?,55?,56?,57?,58?,59?,60?,61?,62?,63?,64?,65?,66?,67?,68?,69?,70?,71?,72?,73?,74?,75?,76?,77?/m0/s1. The van der Waals surface area contributed by atoms with E-state index < -0.39 is 292 Å². The van der Waals surface area contributed by atoms with Crippen LogP contribution in [-0.2, 0) is 109 Å². The molecular weight excluding hydrogens is 1600 g/mol. The van der Waals surface area contributed by atoms with Crippen LogP contribution in [0.15, 0.2) is 25.3 Å². The second-order valence-corrected chi connectivity index (χ2v) is 32.4. The Morgan fingerprint density at radius 3 is 0.571 bits per heavy atom. The highest BCUT2D eigenvalue weighted by Crippen LogP contribution is 2.40. The molecule has 21 aliphatic heterocycles. The van der Waals surface area contributed by atoms with Crippen molar-refractivity contribution in [3.63, 3.8) is 0 Å². The monoisotopic (exact) mass is 1730 g/mol. The van der Waals surface area contributed by atoms with E-state index in [0.717, 1.165) is 0 Å². The zero-order valence-corrected chi connectivity index (χ0v) is 68.3. The van der Waals surface area contributed by atoms with Crippen molar-refractivity contribution < 1.29 is 206 Å². The molecule has 0 saturated carbocycles. The third kappa shape index (κ3) is 29.1. The summed E-state index contributed by atoms with van der Waals surface area (Å²) in [4.78, 5) is 24.0. The molecule has 21 fully saturated rings. The van der Waals surface area contributed by atoms with Gasteiger partial charge in [0.05, 0.1) is 110 Å². The Balaban J connectivity index is 1.20. The van der Waals surface area contributed by atoms with Crippen molar-refractivity contribution in [1.29, 1.82) is 0 Å². The maximum Gasteiger partial charge on any atom is 0.187 e. The third-order valence-corrected chi connectivity index (χ3v) is 21.3.